The molecule has 0 fully saturated rings. The Labute approximate surface area is 155 Å². The highest BCUT2D eigenvalue weighted by atomic mass is 32.1. The second-order valence-corrected chi connectivity index (χ2v) is 7.41. The lowest BCUT2D eigenvalue weighted by molar-refractivity contribution is 0.102. The van der Waals surface area contributed by atoms with Crippen LogP contribution in [0.4, 0.5) is 17.3 Å². The van der Waals surface area contributed by atoms with Crippen LogP contribution in [-0.4, -0.2) is 27.6 Å². The van der Waals surface area contributed by atoms with E-state index in [9.17, 15) is 4.79 Å². The lowest BCUT2D eigenvalue weighted by Gasteiger charge is -2.25. The molecule has 26 heavy (non-hydrogen) atoms. The summed E-state index contributed by atoms with van der Waals surface area (Å²) < 4.78 is 0. The van der Waals surface area contributed by atoms with Crippen LogP contribution in [0.3, 0.4) is 0 Å². The van der Waals surface area contributed by atoms with E-state index in [0.717, 1.165) is 52.8 Å². The zero-order chi connectivity index (χ0) is 18.1. The van der Waals surface area contributed by atoms with Gasteiger partial charge < -0.3 is 10.2 Å². The van der Waals surface area contributed by atoms with Crippen molar-refractivity contribution in [1.82, 2.24) is 15.2 Å². The van der Waals surface area contributed by atoms with Gasteiger partial charge in [0.05, 0.1) is 5.69 Å². The van der Waals surface area contributed by atoms with Crippen molar-refractivity contribution < 1.29 is 4.79 Å². The molecule has 1 aliphatic heterocycles. The molecule has 0 saturated carbocycles. The number of benzene rings is 1. The molecule has 1 amide bonds. The van der Waals surface area contributed by atoms with Gasteiger partial charge in [-0.25, -0.2) is 4.98 Å². The summed E-state index contributed by atoms with van der Waals surface area (Å²) in [5.74, 6) is 1.43. The Bertz CT molecular complexity index is 951. The van der Waals surface area contributed by atoms with E-state index in [1.165, 1.54) is 11.3 Å². The molecular weight excluding hydrogens is 346 g/mol. The molecule has 4 rings (SSSR count). The van der Waals surface area contributed by atoms with Crippen molar-refractivity contribution in [2.24, 2.45) is 0 Å². The van der Waals surface area contributed by atoms with Crippen LogP contribution in [-0.2, 0) is 6.42 Å². The molecule has 0 saturated heterocycles. The highest BCUT2D eigenvalue weighted by Gasteiger charge is 2.26. The second kappa shape index (κ2) is 6.84. The standard InChI is InChI=1S/C19H19N5OS/c1-12-6-3-4-7-14(12)20-18(25)19-21-17-15(26-19)8-5-11-24(17)16-10-9-13(2)22-23-16/h3-4,6-7,9-10H,5,8,11H2,1-2H3,(H,20,25). The lowest BCUT2D eigenvalue weighted by Crippen LogP contribution is -2.25. The van der Waals surface area contributed by atoms with Crippen molar-refractivity contribution in [2.45, 2.75) is 26.7 Å². The molecule has 1 N–H and O–H groups in total. The van der Waals surface area contributed by atoms with E-state index in [1.807, 2.05) is 55.1 Å². The average molecular weight is 365 g/mol. The summed E-state index contributed by atoms with van der Waals surface area (Å²) >= 11 is 1.46. The number of thiazole rings is 1. The Balaban J connectivity index is 1.62. The predicted octanol–water partition coefficient (Wildman–Crippen LogP) is 3.89. The van der Waals surface area contributed by atoms with Crippen LogP contribution in [0.15, 0.2) is 36.4 Å². The molecule has 3 heterocycles. The first-order valence-electron chi connectivity index (χ1n) is 8.56. The number of nitrogens with zero attached hydrogens (tertiary/aromatic N) is 4. The summed E-state index contributed by atoms with van der Waals surface area (Å²) in [4.78, 5) is 20.5. The molecule has 1 aromatic carbocycles. The Morgan fingerprint density at radius 3 is 2.77 bits per heavy atom. The van der Waals surface area contributed by atoms with E-state index in [2.05, 4.69) is 20.5 Å². The zero-order valence-electron chi connectivity index (χ0n) is 14.7. The van der Waals surface area contributed by atoms with Gasteiger partial charge in [-0.3, -0.25) is 4.79 Å². The first-order valence-corrected chi connectivity index (χ1v) is 9.38. The first kappa shape index (κ1) is 16.7. The molecule has 3 aromatic rings. The highest BCUT2D eigenvalue weighted by molar-refractivity contribution is 7.14. The van der Waals surface area contributed by atoms with Gasteiger partial charge in [-0.05, 0) is 50.5 Å². The van der Waals surface area contributed by atoms with E-state index in [-0.39, 0.29) is 5.91 Å². The number of fused-ring (bicyclic) bond motifs is 1. The monoisotopic (exact) mass is 365 g/mol. The smallest absolute Gasteiger partial charge is 0.284 e. The SMILES string of the molecule is Cc1ccc(N2CCCc3sc(C(=O)Nc4ccccc4C)nc32)nn1. The van der Waals surface area contributed by atoms with Gasteiger partial charge >= 0.3 is 0 Å². The third kappa shape index (κ3) is 3.17. The maximum absolute atomic E-state index is 12.7. The summed E-state index contributed by atoms with van der Waals surface area (Å²) in [5, 5.41) is 11.9. The summed E-state index contributed by atoms with van der Waals surface area (Å²) in [6.07, 6.45) is 1.93. The largest absolute Gasteiger partial charge is 0.320 e. The van der Waals surface area contributed by atoms with Crippen LogP contribution in [0.2, 0.25) is 0 Å². The fourth-order valence-electron chi connectivity index (χ4n) is 2.97. The number of nitrogens with one attached hydrogen (secondary N) is 1. The van der Waals surface area contributed by atoms with Crippen molar-refractivity contribution in [3.63, 3.8) is 0 Å². The van der Waals surface area contributed by atoms with Gasteiger partial charge in [0.25, 0.3) is 5.91 Å². The van der Waals surface area contributed by atoms with Crippen LogP contribution >= 0.6 is 11.3 Å². The Morgan fingerprint density at radius 2 is 2.00 bits per heavy atom. The van der Waals surface area contributed by atoms with Gasteiger partial charge in [0.2, 0.25) is 0 Å². The Hall–Kier alpha value is -2.80. The number of hydrogen-bond donors (Lipinski definition) is 1. The van der Waals surface area contributed by atoms with Gasteiger partial charge in [0.15, 0.2) is 10.8 Å². The van der Waals surface area contributed by atoms with Gasteiger partial charge in [-0.2, -0.15) is 5.10 Å². The van der Waals surface area contributed by atoms with Crippen molar-refractivity contribution in [1.29, 1.82) is 0 Å². The summed E-state index contributed by atoms with van der Waals surface area (Å²) in [5.41, 5.74) is 2.72. The van der Waals surface area contributed by atoms with Crippen LogP contribution < -0.4 is 10.2 Å². The molecule has 132 valence electrons. The third-order valence-electron chi connectivity index (χ3n) is 4.37. The maximum Gasteiger partial charge on any atom is 0.284 e. The van der Waals surface area contributed by atoms with E-state index >= 15 is 0 Å². The zero-order valence-corrected chi connectivity index (χ0v) is 15.5. The number of para-hydroxylation sites is 1. The number of aromatic nitrogens is 3. The predicted molar refractivity (Wildman–Crippen MR) is 103 cm³/mol. The van der Waals surface area contributed by atoms with Gasteiger partial charge in [0, 0.05) is 17.1 Å². The number of carbonyl (C=O) groups excluding carboxylic acids is 1. The normalized spacial score (nSPS) is 13.4. The van der Waals surface area contributed by atoms with Crippen LogP contribution in [0.25, 0.3) is 0 Å². The molecule has 1 aliphatic rings. The second-order valence-electron chi connectivity index (χ2n) is 6.32. The molecule has 2 aromatic heterocycles. The van der Waals surface area contributed by atoms with Gasteiger partial charge in [-0.15, -0.1) is 16.4 Å². The molecular formula is C19H19N5OS. The first-order chi connectivity index (χ1) is 12.6. The van der Waals surface area contributed by atoms with Crippen molar-refractivity contribution in [2.75, 3.05) is 16.8 Å². The van der Waals surface area contributed by atoms with Gasteiger partial charge in [-0.1, -0.05) is 18.2 Å². The third-order valence-corrected chi connectivity index (χ3v) is 5.47. The number of hydrogen-bond acceptors (Lipinski definition) is 6. The topological polar surface area (TPSA) is 71.0 Å². The van der Waals surface area contributed by atoms with E-state index in [1.54, 1.807) is 0 Å². The van der Waals surface area contributed by atoms with E-state index in [0.29, 0.717) is 5.01 Å². The number of anilines is 3. The molecule has 0 unspecified atom stereocenters. The van der Waals surface area contributed by atoms with E-state index in [4.69, 9.17) is 0 Å². The van der Waals surface area contributed by atoms with Crippen molar-refractivity contribution in [3.05, 3.63) is 57.5 Å². The van der Waals surface area contributed by atoms with Crippen LogP contribution in [0.1, 0.15) is 32.4 Å². The Kier molecular flexibility index (Phi) is 4.38. The summed E-state index contributed by atoms with van der Waals surface area (Å²) in [6.45, 7) is 4.71. The minimum atomic E-state index is -0.173. The summed E-state index contributed by atoms with van der Waals surface area (Å²) in [7, 11) is 0. The Morgan fingerprint density at radius 1 is 1.15 bits per heavy atom. The van der Waals surface area contributed by atoms with Gasteiger partial charge in [0.1, 0.15) is 5.82 Å². The molecule has 0 spiro atoms. The number of aryl methyl sites for hydroxylation is 3. The molecule has 0 aliphatic carbocycles. The molecule has 0 radical (unpaired) electrons. The minimum Gasteiger partial charge on any atom is -0.320 e. The fourth-order valence-corrected chi connectivity index (χ4v) is 3.97. The fraction of sp³-hybridized carbons (Fsp3) is 0.263. The molecule has 0 bridgehead atoms. The van der Waals surface area contributed by atoms with Crippen molar-refractivity contribution in [3.8, 4) is 0 Å². The molecule has 0 atom stereocenters. The molecule has 6 nitrogen and oxygen atoms in total. The lowest BCUT2D eigenvalue weighted by atomic mass is 10.2. The number of rotatable bonds is 3. The molecule has 7 heteroatoms. The minimum absolute atomic E-state index is 0.173. The number of amides is 1. The van der Waals surface area contributed by atoms with Crippen LogP contribution in [0, 0.1) is 13.8 Å². The highest BCUT2D eigenvalue weighted by Crippen LogP contribution is 2.35. The maximum atomic E-state index is 12.7. The number of carbonyl (C=O) groups is 1. The average Bonchev–Trinajstić information content (AvgIpc) is 3.09. The van der Waals surface area contributed by atoms with Crippen molar-refractivity contribution >= 4 is 34.6 Å². The quantitative estimate of drug-likeness (QED) is 0.762. The van der Waals surface area contributed by atoms with Crippen LogP contribution in [0.5, 0.6) is 0 Å². The van der Waals surface area contributed by atoms with E-state index < -0.39 is 0 Å². The summed E-state index contributed by atoms with van der Waals surface area (Å²) in [6, 6.07) is 11.6.